The lowest BCUT2D eigenvalue weighted by molar-refractivity contribution is 0.0917. The maximum Gasteiger partial charge on any atom is 0.209 e. The van der Waals surface area contributed by atoms with Gasteiger partial charge in [-0.25, -0.2) is 13.6 Å². The standard InChI is InChI=1S/C12H27NO3S/c1-4-5-12(3)10-16-8-6-11(2)7-9-17(13,14)15/h11-12H,4-10H2,1-3H3,(H2,13,14,15). The Bertz CT molecular complexity index is 277. The molecule has 0 aliphatic heterocycles. The summed E-state index contributed by atoms with van der Waals surface area (Å²) in [4.78, 5) is 0. The highest BCUT2D eigenvalue weighted by Crippen LogP contribution is 2.10. The minimum Gasteiger partial charge on any atom is -0.381 e. The zero-order chi connectivity index (χ0) is 13.3. The molecule has 0 aromatic rings. The van der Waals surface area contributed by atoms with Crippen molar-refractivity contribution in [3.8, 4) is 0 Å². The van der Waals surface area contributed by atoms with Gasteiger partial charge in [0.1, 0.15) is 0 Å². The second kappa shape index (κ2) is 8.89. The van der Waals surface area contributed by atoms with E-state index in [4.69, 9.17) is 9.88 Å². The molecule has 0 aromatic carbocycles. The average molecular weight is 265 g/mol. The lowest BCUT2D eigenvalue weighted by Crippen LogP contribution is -2.18. The van der Waals surface area contributed by atoms with E-state index in [9.17, 15) is 8.42 Å². The Balaban J connectivity index is 3.48. The predicted molar refractivity (Wildman–Crippen MR) is 71.3 cm³/mol. The van der Waals surface area contributed by atoms with Gasteiger partial charge in [-0.2, -0.15) is 0 Å². The molecule has 17 heavy (non-hydrogen) atoms. The van der Waals surface area contributed by atoms with Crippen molar-refractivity contribution < 1.29 is 13.2 Å². The van der Waals surface area contributed by atoms with Gasteiger partial charge in [0.15, 0.2) is 0 Å². The van der Waals surface area contributed by atoms with Crippen LogP contribution in [0.4, 0.5) is 0 Å². The highest BCUT2D eigenvalue weighted by molar-refractivity contribution is 7.89. The lowest BCUT2D eigenvalue weighted by atomic mass is 10.1. The Morgan fingerprint density at radius 3 is 2.29 bits per heavy atom. The number of hydrogen-bond acceptors (Lipinski definition) is 3. The molecule has 2 atom stereocenters. The van der Waals surface area contributed by atoms with Gasteiger partial charge in [-0.1, -0.05) is 27.2 Å². The van der Waals surface area contributed by atoms with Crippen LogP contribution in [0.1, 0.15) is 46.5 Å². The van der Waals surface area contributed by atoms with Crippen LogP contribution in [-0.2, 0) is 14.8 Å². The van der Waals surface area contributed by atoms with Crippen LogP contribution in [0.3, 0.4) is 0 Å². The molecule has 0 spiro atoms. The van der Waals surface area contributed by atoms with Crippen LogP contribution < -0.4 is 5.14 Å². The van der Waals surface area contributed by atoms with Crippen molar-refractivity contribution in [1.82, 2.24) is 0 Å². The van der Waals surface area contributed by atoms with Gasteiger partial charge >= 0.3 is 0 Å². The first-order valence-corrected chi connectivity index (χ1v) is 8.15. The summed E-state index contributed by atoms with van der Waals surface area (Å²) in [5.41, 5.74) is 0. The number of rotatable bonds is 10. The van der Waals surface area contributed by atoms with E-state index in [2.05, 4.69) is 13.8 Å². The zero-order valence-corrected chi connectivity index (χ0v) is 12.1. The van der Waals surface area contributed by atoms with E-state index in [1.165, 1.54) is 12.8 Å². The van der Waals surface area contributed by atoms with Gasteiger partial charge in [0, 0.05) is 13.2 Å². The second-order valence-electron chi connectivity index (χ2n) is 5.02. The van der Waals surface area contributed by atoms with E-state index >= 15 is 0 Å². The molecule has 2 N–H and O–H groups in total. The molecule has 0 aromatic heterocycles. The van der Waals surface area contributed by atoms with Crippen molar-refractivity contribution in [2.75, 3.05) is 19.0 Å². The van der Waals surface area contributed by atoms with Crippen molar-refractivity contribution in [1.29, 1.82) is 0 Å². The zero-order valence-electron chi connectivity index (χ0n) is 11.3. The summed E-state index contributed by atoms with van der Waals surface area (Å²) < 4.78 is 27.1. The summed E-state index contributed by atoms with van der Waals surface area (Å²) >= 11 is 0. The quantitative estimate of drug-likeness (QED) is 0.615. The Kier molecular flexibility index (Phi) is 8.82. The fourth-order valence-corrected chi connectivity index (χ4v) is 2.39. The Morgan fingerprint density at radius 1 is 1.12 bits per heavy atom. The molecule has 0 rings (SSSR count). The first kappa shape index (κ1) is 16.9. The molecule has 5 heteroatoms. The SMILES string of the molecule is CCCC(C)COCCC(C)CCS(N)(=O)=O. The molecule has 104 valence electrons. The topological polar surface area (TPSA) is 69.4 Å². The van der Waals surface area contributed by atoms with Gasteiger partial charge in [0.2, 0.25) is 10.0 Å². The van der Waals surface area contributed by atoms with E-state index in [0.717, 1.165) is 13.0 Å². The van der Waals surface area contributed by atoms with Gasteiger partial charge in [-0.3, -0.25) is 0 Å². The maximum absolute atomic E-state index is 10.8. The molecule has 0 amide bonds. The number of nitrogens with two attached hydrogens (primary N) is 1. The van der Waals surface area contributed by atoms with Crippen LogP contribution in [0.25, 0.3) is 0 Å². The monoisotopic (exact) mass is 265 g/mol. The Morgan fingerprint density at radius 2 is 1.76 bits per heavy atom. The molecule has 0 saturated carbocycles. The van der Waals surface area contributed by atoms with E-state index < -0.39 is 10.0 Å². The summed E-state index contributed by atoms with van der Waals surface area (Å²) in [6.45, 7) is 7.90. The lowest BCUT2D eigenvalue weighted by Gasteiger charge is -2.13. The van der Waals surface area contributed by atoms with Crippen LogP contribution in [0.2, 0.25) is 0 Å². The van der Waals surface area contributed by atoms with Crippen LogP contribution in [0, 0.1) is 11.8 Å². The Labute approximate surface area is 106 Å². The molecular formula is C12H27NO3S. The van der Waals surface area contributed by atoms with Crippen LogP contribution >= 0.6 is 0 Å². The third-order valence-electron chi connectivity index (χ3n) is 2.83. The van der Waals surface area contributed by atoms with Crippen LogP contribution in [0.5, 0.6) is 0 Å². The van der Waals surface area contributed by atoms with Crippen molar-refractivity contribution in [3.05, 3.63) is 0 Å². The van der Waals surface area contributed by atoms with Crippen molar-refractivity contribution in [3.63, 3.8) is 0 Å². The Hall–Kier alpha value is -0.130. The minimum absolute atomic E-state index is 0.0698. The highest BCUT2D eigenvalue weighted by Gasteiger charge is 2.08. The molecule has 0 aliphatic carbocycles. The van der Waals surface area contributed by atoms with Gasteiger partial charge in [0.05, 0.1) is 5.75 Å². The minimum atomic E-state index is -3.31. The van der Waals surface area contributed by atoms with E-state index in [1.807, 2.05) is 6.92 Å². The first-order valence-electron chi connectivity index (χ1n) is 6.43. The molecule has 0 saturated heterocycles. The van der Waals surface area contributed by atoms with Gasteiger partial charge in [-0.15, -0.1) is 0 Å². The fraction of sp³-hybridized carbons (Fsp3) is 1.00. The fourth-order valence-electron chi connectivity index (χ4n) is 1.65. The van der Waals surface area contributed by atoms with Gasteiger partial charge < -0.3 is 4.74 Å². The van der Waals surface area contributed by atoms with Crippen LogP contribution in [0.15, 0.2) is 0 Å². The molecule has 0 bridgehead atoms. The molecule has 0 fully saturated rings. The van der Waals surface area contributed by atoms with Crippen molar-refractivity contribution >= 4 is 10.0 Å². The third kappa shape index (κ3) is 12.1. The molecule has 0 radical (unpaired) electrons. The maximum atomic E-state index is 10.8. The van der Waals surface area contributed by atoms with Gasteiger partial charge in [-0.05, 0) is 31.1 Å². The van der Waals surface area contributed by atoms with E-state index in [0.29, 0.717) is 24.9 Å². The summed E-state index contributed by atoms with van der Waals surface area (Å²) in [5.74, 6) is 1.02. The third-order valence-corrected chi connectivity index (χ3v) is 3.64. The summed E-state index contributed by atoms with van der Waals surface area (Å²) in [7, 11) is -3.31. The molecule has 0 aliphatic rings. The molecule has 4 nitrogen and oxygen atoms in total. The number of primary sulfonamides is 1. The van der Waals surface area contributed by atoms with Crippen molar-refractivity contribution in [2.24, 2.45) is 17.0 Å². The summed E-state index contributed by atoms with van der Waals surface area (Å²) in [6.07, 6.45) is 3.90. The first-order chi connectivity index (χ1) is 7.85. The summed E-state index contributed by atoms with van der Waals surface area (Å²) in [6, 6.07) is 0. The molecule has 0 heterocycles. The number of hydrogen-bond donors (Lipinski definition) is 1. The molecule has 2 unspecified atom stereocenters. The largest absolute Gasteiger partial charge is 0.381 e. The molecular weight excluding hydrogens is 238 g/mol. The number of sulfonamides is 1. The smallest absolute Gasteiger partial charge is 0.209 e. The number of ether oxygens (including phenoxy) is 1. The van der Waals surface area contributed by atoms with Crippen LogP contribution in [-0.4, -0.2) is 27.4 Å². The van der Waals surface area contributed by atoms with Crippen molar-refractivity contribution in [2.45, 2.75) is 46.5 Å². The van der Waals surface area contributed by atoms with E-state index in [-0.39, 0.29) is 5.75 Å². The summed E-state index contributed by atoms with van der Waals surface area (Å²) in [5, 5.41) is 4.95. The van der Waals surface area contributed by atoms with Gasteiger partial charge in [0.25, 0.3) is 0 Å². The predicted octanol–water partition coefficient (Wildman–Crippen LogP) is 2.14. The normalized spacial score (nSPS) is 15.8. The average Bonchev–Trinajstić information content (AvgIpc) is 2.21. The highest BCUT2D eigenvalue weighted by atomic mass is 32.2. The van der Waals surface area contributed by atoms with E-state index in [1.54, 1.807) is 0 Å². The second-order valence-corrected chi connectivity index (χ2v) is 6.75.